The summed E-state index contributed by atoms with van der Waals surface area (Å²) in [6.07, 6.45) is 0.0750. The summed E-state index contributed by atoms with van der Waals surface area (Å²) in [6, 6.07) is 1.77. The maximum absolute atomic E-state index is 13.6. The molecule has 1 aromatic carbocycles. The van der Waals surface area contributed by atoms with Gasteiger partial charge in [0.1, 0.15) is 16.9 Å². The van der Waals surface area contributed by atoms with Gasteiger partial charge in [0.2, 0.25) is 10.0 Å². The van der Waals surface area contributed by atoms with Crippen LogP contribution in [0.25, 0.3) is 0 Å². The van der Waals surface area contributed by atoms with Crippen LogP contribution in [-0.2, 0) is 10.0 Å². The highest BCUT2D eigenvalue weighted by molar-refractivity contribution is 9.10. The van der Waals surface area contributed by atoms with E-state index in [0.29, 0.717) is 0 Å². The lowest BCUT2D eigenvalue weighted by molar-refractivity contribution is 0.554. The number of primary sulfonamides is 1. The number of nitrogens with two attached hydrogens (primary N) is 1. The molecule has 16 heavy (non-hydrogen) atoms. The zero-order chi connectivity index (χ0) is 12.5. The molecule has 3 nitrogen and oxygen atoms in total. The van der Waals surface area contributed by atoms with Crippen molar-refractivity contribution in [1.29, 1.82) is 0 Å². The van der Waals surface area contributed by atoms with Crippen molar-refractivity contribution >= 4 is 26.0 Å². The molecule has 0 saturated heterocycles. The summed E-state index contributed by atoms with van der Waals surface area (Å²) in [7, 11) is -3.95. The smallest absolute Gasteiger partial charge is 0.216 e. The zero-order valence-electron chi connectivity index (χ0n) is 8.38. The summed E-state index contributed by atoms with van der Waals surface area (Å²) in [5.74, 6) is -1.52. The number of rotatable bonds is 3. The number of benzene rings is 1. The maximum Gasteiger partial charge on any atom is 0.216 e. The van der Waals surface area contributed by atoms with Gasteiger partial charge in [-0.3, -0.25) is 0 Å². The average Bonchev–Trinajstić information content (AvgIpc) is 2.11. The van der Waals surface area contributed by atoms with Crippen LogP contribution in [0.3, 0.4) is 0 Å². The SMILES string of the molecule is CCC(c1cc(F)cc(Br)c1F)S(N)(=O)=O. The third kappa shape index (κ3) is 2.78. The summed E-state index contributed by atoms with van der Waals surface area (Å²) in [4.78, 5) is 0. The quantitative estimate of drug-likeness (QED) is 0.871. The van der Waals surface area contributed by atoms with E-state index in [1.807, 2.05) is 0 Å². The van der Waals surface area contributed by atoms with Crippen molar-refractivity contribution in [3.63, 3.8) is 0 Å². The minimum atomic E-state index is -3.95. The van der Waals surface area contributed by atoms with Crippen molar-refractivity contribution < 1.29 is 17.2 Å². The zero-order valence-corrected chi connectivity index (χ0v) is 10.8. The molecular formula is C9H10BrF2NO2S. The second-order valence-corrected chi connectivity index (χ2v) is 5.88. The fourth-order valence-electron chi connectivity index (χ4n) is 1.44. The summed E-state index contributed by atoms with van der Waals surface area (Å²) in [6.45, 7) is 1.54. The molecule has 0 radical (unpaired) electrons. The van der Waals surface area contributed by atoms with E-state index in [-0.39, 0.29) is 16.5 Å². The second-order valence-electron chi connectivity index (χ2n) is 3.28. The van der Waals surface area contributed by atoms with Crippen LogP contribution in [-0.4, -0.2) is 8.42 Å². The Morgan fingerprint density at radius 1 is 1.44 bits per heavy atom. The molecule has 1 rings (SSSR count). The predicted molar refractivity (Wildman–Crippen MR) is 60.2 cm³/mol. The van der Waals surface area contributed by atoms with Crippen LogP contribution in [0, 0.1) is 11.6 Å². The maximum atomic E-state index is 13.6. The van der Waals surface area contributed by atoms with Crippen molar-refractivity contribution in [2.75, 3.05) is 0 Å². The molecule has 1 atom stereocenters. The van der Waals surface area contributed by atoms with Crippen LogP contribution in [0.1, 0.15) is 24.2 Å². The van der Waals surface area contributed by atoms with Crippen LogP contribution >= 0.6 is 15.9 Å². The standard InChI is InChI=1S/C9H10BrF2NO2S/c1-2-8(16(13,14)15)6-3-5(11)4-7(10)9(6)12/h3-4,8H,2H2,1H3,(H2,13,14,15). The Bertz CT molecular complexity index is 504. The Labute approximate surface area is 101 Å². The van der Waals surface area contributed by atoms with Gasteiger partial charge in [-0.25, -0.2) is 22.3 Å². The predicted octanol–water partition coefficient (Wildman–Crippen LogP) is 2.47. The van der Waals surface area contributed by atoms with Gasteiger partial charge in [0, 0.05) is 5.56 Å². The molecule has 2 N–H and O–H groups in total. The van der Waals surface area contributed by atoms with Crippen molar-refractivity contribution in [1.82, 2.24) is 0 Å². The summed E-state index contributed by atoms with van der Waals surface area (Å²) in [5.41, 5.74) is -0.253. The lowest BCUT2D eigenvalue weighted by atomic mass is 10.1. The first-order valence-corrected chi connectivity index (χ1v) is 6.83. The lowest BCUT2D eigenvalue weighted by Crippen LogP contribution is -2.22. The highest BCUT2D eigenvalue weighted by Gasteiger charge is 2.26. The highest BCUT2D eigenvalue weighted by Crippen LogP contribution is 2.30. The van der Waals surface area contributed by atoms with Crippen LogP contribution in [0.5, 0.6) is 0 Å². The van der Waals surface area contributed by atoms with Crippen molar-refractivity contribution in [2.45, 2.75) is 18.6 Å². The minimum Gasteiger partial charge on any atom is -0.228 e. The third-order valence-electron chi connectivity index (χ3n) is 2.14. The van der Waals surface area contributed by atoms with Gasteiger partial charge < -0.3 is 0 Å². The number of sulfonamides is 1. The van der Waals surface area contributed by atoms with E-state index in [9.17, 15) is 17.2 Å². The Morgan fingerprint density at radius 2 is 2.00 bits per heavy atom. The van der Waals surface area contributed by atoms with E-state index in [0.717, 1.165) is 12.1 Å². The lowest BCUT2D eigenvalue weighted by Gasteiger charge is -2.14. The number of hydrogen-bond acceptors (Lipinski definition) is 2. The molecule has 0 aromatic heterocycles. The molecule has 0 aliphatic carbocycles. The van der Waals surface area contributed by atoms with E-state index < -0.39 is 26.9 Å². The Balaban J connectivity index is 3.42. The second kappa shape index (κ2) is 4.77. The van der Waals surface area contributed by atoms with Crippen LogP contribution in [0.15, 0.2) is 16.6 Å². The van der Waals surface area contributed by atoms with Crippen LogP contribution in [0.2, 0.25) is 0 Å². The fraction of sp³-hybridized carbons (Fsp3) is 0.333. The molecule has 1 unspecified atom stereocenters. The normalized spacial score (nSPS) is 13.8. The first-order valence-electron chi connectivity index (χ1n) is 4.43. The van der Waals surface area contributed by atoms with Crippen molar-refractivity contribution in [3.8, 4) is 0 Å². The Kier molecular flexibility index (Phi) is 4.03. The molecule has 0 fully saturated rings. The summed E-state index contributed by atoms with van der Waals surface area (Å²) >= 11 is 2.81. The third-order valence-corrected chi connectivity index (χ3v) is 4.09. The molecule has 0 saturated carbocycles. The van der Waals surface area contributed by atoms with Gasteiger partial charge in [0.05, 0.1) is 4.47 Å². The summed E-state index contributed by atoms with van der Waals surface area (Å²) < 4.78 is 49.0. The van der Waals surface area contributed by atoms with Gasteiger partial charge in [-0.1, -0.05) is 6.92 Å². The number of halogens is 3. The summed E-state index contributed by atoms with van der Waals surface area (Å²) in [5, 5.41) is 3.72. The van der Waals surface area contributed by atoms with Gasteiger partial charge in [0.15, 0.2) is 0 Å². The molecule has 1 aromatic rings. The average molecular weight is 314 g/mol. The highest BCUT2D eigenvalue weighted by atomic mass is 79.9. The first kappa shape index (κ1) is 13.5. The molecule has 0 heterocycles. The Hall–Kier alpha value is -0.530. The van der Waals surface area contributed by atoms with Gasteiger partial charge in [-0.2, -0.15) is 0 Å². The van der Waals surface area contributed by atoms with Gasteiger partial charge in [-0.15, -0.1) is 0 Å². The van der Waals surface area contributed by atoms with E-state index in [4.69, 9.17) is 5.14 Å². The van der Waals surface area contributed by atoms with Gasteiger partial charge in [0.25, 0.3) is 0 Å². The van der Waals surface area contributed by atoms with E-state index in [1.165, 1.54) is 6.92 Å². The first-order chi connectivity index (χ1) is 7.27. The Morgan fingerprint density at radius 3 is 2.44 bits per heavy atom. The molecule has 0 aliphatic heterocycles. The number of hydrogen-bond donors (Lipinski definition) is 1. The molecule has 0 aliphatic rings. The molecular weight excluding hydrogens is 304 g/mol. The van der Waals surface area contributed by atoms with Crippen molar-refractivity contribution in [2.24, 2.45) is 5.14 Å². The van der Waals surface area contributed by atoms with Crippen LogP contribution < -0.4 is 5.14 Å². The topological polar surface area (TPSA) is 60.2 Å². The van der Waals surface area contributed by atoms with Crippen LogP contribution in [0.4, 0.5) is 8.78 Å². The molecule has 90 valence electrons. The monoisotopic (exact) mass is 313 g/mol. The van der Waals surface area contributed by atoms with E-state index in [1.54, 1.807) is 0 Å². The molecule has 0 amide bonds. The fourth-order valence-corrected chi connectivity index (χ4v) is 2.88. The largest absolute Gasteiger partial charge is 0.228 e. The molecule has 7 heteroatoms. The van der Waals surface area contributed by atoms with Gasteiger partial charge in [-0.05, 0) is 34.5 Å². The van der Waals surface area contributed by atoms with Crippen molar-refractivity contribution in [3.05, 3.63) is 33.8 Å². The molecule has 0 bridgehead atoms. The minimum absolute atomic E-state index is 0.0750. The molecule has 0 spiro atoms. The van der Waals surface area contributed by atoms with Gasteiger partial charge >= 0.3 is 0 Å². The van der Waals surface area contributed by atoms with E-state index >= 15 is 0 Å². The van der Waals surface area contributed by atoms with E-state index in [2.05, 4.69) is 15.9 Å².